The molecule has 11 heteroatoms. The van der Waals surface area contributed by atoms with Gasteiger partial charge in [0.05, 0.1) is 23.9 Å². The monoisotopic (exact) mass is 483 g/mol. The molecule has 0 fully saturated rings. The number of thiophene rings is 1. The van der Waals surface area contributed by atoms with E-state index in [1.165, 1.54) is 41.5 Å². The molecule has 1 aliphatic rings. The maximum atomic E-state index is 11.3. The van der Waals surface area contributed by atoms with E-state index in [1.54, 1.807) is 17.6 Å². The van der Waals surface area contributed by atoms with Crippen LogP contribution in [-0.2, 0) is 36.4 Å². The Balaban J connectivity index is 1.39. The highest BCUT2D eigenvalue weighted by atomic mass is 32.2. The van der Waals surface area contributed by atoms with Crippen LogP contribution in [0.1, 0.15) is 53.5 Å². The summed E-state index contributed by atoms with van der Waals surface area (Å²) < 4.78 is 7.45. The smallest absolute Gasteiger partial charge is 0.217 e. The van der Waals surface area contributed by atoms with Gasteiger partial charge < -0.3 is 15.9 Å². The van der Waals surface area contributed by atoms with Gasteiger partial charge >= 0.3 is 0 Å². The molecular formula is C22H25N7O2S2. The summed E-state index contributed by atoms with van der Waals surface area (Å²) >= 11 is 3.24. The number of hydrogen-bond donors (Lipinski definition) is 2. The average molecular weight is 484 g/mol. The molecular weight excluding hydrogens is 458 g/mol. The summed E-state index contributed by atoms with van der Waals surface area (Å²) in [5, 5.41) is 10.4. The quantitative estimate of drug-likeness (QED) is 0.287. The summed E-state index contributed by atoms with van der Waals surface area (Å²) in [4.78, 5) is 23.1. The van der Waals surface area contributed by atoms with Crippen LogP contribution in [0.4, 0.5) is 5.82 Å². The van der Waals surface area contributed by atoms with Gasteiger partial charge in [-0.2, -0.15) is 0 Å². The van der Waals surface area contributed by atoms with E-state index in [2.05, 4.69) is 15.2 Å². The first-order chi connectivity index (χ1) is 16.1. The van der Waals surface area contributed by atoms with Crippen LogP contribution < -0.4 is 11.5 Å². The van der Waals surface area contributed by atoms with Gasteiger partial charge in [0.15, 0.2) is 5.16 Å². The zero-order valence-corrected chi connectivity index (χ0v) is 19.8. The van der Waals surface area contributed by atoms with Crippen molar-refractivity contribution in [3.05, 3.63) is 46.2 Å². The second-order valence-corrected chi connectivity index (χ2v) is 10.1. The molecule has 4 aromatic rings. The van der Waals surface area contributed by atoms with Crippen LogP contribution in [0.25, 0.3) is 10.2 Å². The van der Waals surface area contributed by atoms with E-state index in [9.17, 15) is 4.79 Å². The Hall–Kier alpha value is -2.92. The predicted octanol–water partition coefficient (Wildman–Crippen LogP) is 3.49. The van der Waals surface area contributed by atoms with Gasteiger partial charge in [0, 0.05) is 17.7 Å². The molecule has 9 nitrogen and oxygen atoms in total. The van der Waals surface area contributed by atoms with Crippen molar-refractivity contribution < 1.29 is 9.21 Å². The number of rotatable bonds is 8. The Bertz CT molecular complexity index is 1280. The summed E-state index contributed by atoms with van der Waals surface area (Å²) in [5.74, 6) is 2.84. The summed E-state index contributed by atoms with van der Waals surface area (Å²) in [7, 11) is 0. The third-order valence-corrected chi connectivity index (χ3v) is 7.90. The minimum Gasteiger partial charge on any atom is -0.467 e. The number of carbonyl (C=O) groups excluding carboxylic acids is 1. The van der Waals surface area contributed by atoms with Crippen molar-refractivity contribution in [1.29, 1.82) is 0 Å². The third-order valence-electron chi connectivity index (χ3n) is 5.75. The maximum Gasteiger partial charge on any atom is 0.217 e. The molecule has 0 radical (unpaired) electrons. The number of nitrogens with two attached hydrogens (primary N) is 2. The Kier molecular flexibility index (Phi) is 6.32. The van der Waals surface area contributed by atoms with Crippen molar-refractivity contribution in [2.75, 3.05) is 5.73 Å². The molecule has 33 heavy (non-hydrogen) atoms. The van der Waals surface area contributed by atoms with Crippen LogP contribution in [0.2, 0.25) is 0 Å². The number of nitrogens with zero attached hydrogens (tertiary/aromatic N) is 5. The topological polar surface area (TPSA) is 139 Å². The average Bonchev–Trinajstić information content (AvgIpc) is 3.48. The maximum absolute atomic E-state index is 11.3. The van der Waals surface area contributed by atoms with Gasteiger partial charge in [0.2, 0.25) is 5.91 Å². The number of anilines is 1. The second kappa shape index (κ2) is 9.52. The van der Waals surface area contributed by atoms with E-state index in [1.807, 2.05) is 16.7 Å². The van der Waals surface area contributed by atoms with Crippen LogP contribution in [0.5, 0.6) is 0 Å². The lowest BCUT2D eigenvalue weighted by Crippen LogP contribution is -2.14. The van der Waals surface area contributed by atoms with E-state index in [0.29, 0.717) is 41.3 Å². The molecule has 0 saturated carbocycles. The molecule has 0 aliphatic heterocycles. The molecule has 1 amide bonds. The fraction of sp³-hybridized carbons (Fsp3) is 0.409. The van der Waals surface area contributed by atoms with Crippen molar-refractivity contribution in [2.45, 2.75) is 62.4 Å². The molecule has 5 rings (SSSR count). The molecule has 0 spiro atoms. The molecule has 0 aromatic carbocycles. The summed E-state index contributed by atoms with van der Waals surface area (Å²) in [6.45, 7) is 0.468. The fourth-order valence-electron chi connectivity index (χ4n) is 4.16. The Morgan fingerprint density at radius 1 is 1.21 bits per heavy atom. The first-order valence-electron chi connectivity index (χ1n) is 11.0. The van der Waals surface area contributed by atoms with Crippen molar-refractivity contribution >= 4 is 45.0 Å². The number of aromatic nitrogens is 5. The highest BCUT2D eigenvalue weighted by Gasteiger charge is 2.20. The van der Waals surface area contributed by atoms with Crippen molar-refractivity contribution in [3.63, 3.8) is 0 Å². The summed E-state index contributed by atoms with van der Waals surface area (Å²) in [5.41, 5.74) is 13.1. The molecule has 172 valence electrons. The van der Waals surface area contributed by atoms with E-state index in [-0.39, 0.29) is 12.3 Å². The first-order valence-corrected chi connectivity index (χ1v) is 12.8. The number of aryl methyl sites for hydroxylation is 3. The predicted molar refractivity (Wildman–Crippen MR) is 128 cm³/mol. The number of amides is 1. The number of hydrogen-bond acceptors (Lipinski definition) is 9. The molecule has 1 aliphatic carbocycles. The van der Waals surface area contributed by atoms with Gasteiger partial charge in [-0.3, -0.25) is 9.36 Å². The van der Waals surface area contributed by atoms with Gasteiger partial charge in [0.1, 0.15) is 28.1 Å². The first kappa shape index (κ1) is 21.9. The highest BCUT2D eigenvalue weighted by molar-refractivity contribution is 7.98. The lowest BCUT2D eigenvalue weighted by atomic mass is 10.1. The zero-order chi connectivity index (χ0) is 22.8. The van der Waals surface area contributed by atoms with E-state index in [4.69, 9.17) is 20.9 Å². The Morgan fingerprint density at radius 3 is 2.91 bits per heavy atom. The number of nitrogen functional groups attached to an aromatic ring is 1. The summed E-state index contributed by atoms with van der Waals surface area (Å²) in [6, 6.07) is 3.73. The van der Waals surface area contributed by atoms with Gasteiger partial charge in [-0.05, 0) is 43.4 Å². The molecule has 0 atom stereocenters. The molecule has 4 N–H and O–H groups in total. The number of carbonyl (C=O) groups is 1. The lowest BCUT2D eigenvalue weighted by molar-refractivity contribution is -0.118. The largest absolute Gasteiger partial charge is 0.467 e. The highest BCUT2D eigenvalue weighted by Crippen LogP contribution is 2.37. The minimum atomic E-state index is -0.372. The van der Waals surface area contributed by atoms with Gasteiger partial charge in [-0.25, -0.2) is 9.97 Å². The fourth-order valence-corrected chi connectivity index (χ4v) is 6.26. The van der Waals surface area contributed by atoms with Gasteiger partial charge in [-0.15, -0.1) is 21.5 Å². The normalized spacial score (nSPS) is 13.8. The van der Waals surface area contributed by atoms with Crippen molar-refractivity contribution in [3.8, 4) is 0 Å². The Labute approximate surface area is 199 Å². The number of thioether (sulfide) groups is 1. The van der Waals surface area contributed by atoms with Crippen LogP contribution in [0.3, 0.4) is 0 Å². The molecule has 0 bridgehead atoms. The van der Waals surface area contributed by atoms with Crippen LogP contribution >= 0.6 is 23.1 Å². The SMILES string of the molecule is NC(=O)CCc1nnc(SCc2nc(N)c3c4c(sc3n2)CCCCC4)n1Cc1ccco1. The standard InChI is InChI=1S/C22H25N7O2S2/c23-16(30)8-9-18-27-28-22(29(18)11-13-5-4-10-31-13)32-12-17-25-20(24)19-14-6-2-1-3-7-15(14)33-21(19)26-17/h4-5,10H,1-3,6-9,11-12H2,(H2,23,30)(H2,24,25,26). The zero-order valence-electron chi connectivity index (χ0n) is 18.1. The number of fused-ring (bicyclic) bond motifs is 3. The van der Waals surface area contributed by atoms with Crippen molar-refractivity contribution in [1.82, 2.24) is 24.7 Å². The minimum absolute atomic E-state index is 0.209. The van der Waals surface area contributed by atoms with E-state index in [0.717, 1.165) is 28.8 Å². The molecule has 4 aromatic heterocycles. The van der Waals surface area contributed by atoms with Crippen LogP contribution in [0, 0.1) is 0 Å². The molecule has 0 unspecified atom stereocenters. The lowest BCUT2D eigenvalue weighted by Gasteiger charge is -2.08. The summed E-state index contributed by atoms with van der Waals surface area (Å²) in [6.07, 6.45) is 8.09. The van der Waals surface area contributed by atoms with E-state index >= 15 is 0 Å². The van der Waals surface area contributed by atoms with Crippen LogP contribution in [0.15, 0.2) is 28.0 Å². The molecule has 0 saturated heterocycles. The second-order valence-electron chi connectivity index (χ2n) is 8.09. The van der Waals surface area contributed by atoms with Gasteiger partial charge in [0.25, 0.3) is 0 Å². The Morgan fingerprint density at radius 2 is 2.09 bits per heavy atom. The number of primary amides is 1. The van der Waals surface area contributed by atoms with E-state index < -0.39 is 0 Å². The van der Waals surface area contributed by atoms with Crippen LogP contribution in [-0.4, -0.2) is 30.6 Å². The molecule has 4 heterocycles. The number of furan rings is 1. The third kappa shape index (κ3) is 4.74. The van der Waals surface area contributed by atoms with Crippen molar-refractivity contribution in [2.24, 2.45) is 5.73 Å². The van der Waals surface area contributed by atoms with Gasteiger partial charge in [-0.1, -0.05) is 18.2 Å².